The van der Waals surface area contributed by atoms with Crippen LogP contribution in [0.1, 0.15) is 17.3 Å². The van der Waals surface area contributed by atoms with Crippen molar-refractivity contribution in [3.8, 4) is 6.07 Å². The van der Waals surface area contributed by atoms with E-state index in [0.29, 0.717) is 12.2 Å². The molecule has 0 saturated carbocycles. The van der Waals surface area contributed by atoms with Gasteiger partial charge in [-0.2, -0.15) is 5.26 Å². The van der Waals surface area contributed by atoms with Crippen LogP contribution in [-0.2, 0) is 0 Å². The van der Waals surface area contributed by atoms with E-state index in [2.05, 4.69) is 5.32 Å². The van der Waals surface area contributed by atoms with Crippen LogP contribution < -0.4 is 5.32 Å². The topological polar surface area (TPSA) is 93.4 Å². The molecule has 1 aromatic rings. The third-order valence-corrected chi connectivity index (χ3v) is 2.50. The van der Waals surface area contributed by atoms with Crippen LogP contribution in [0, 0.1) is 17.2 Å². The summed E-state index contributed by atoms with van der Waals surface area (Å²) in [5.74, 6) is -1.26. The Hall–Kier alpha value is -2.55. The number of aromatic carboxylic acids is 1. The predicted octanol–water partition coefficient (Wildman–Crippen LogP) is 2.01. The minimum atomic E-state index is -1.02. The first kappa shape index (κ1) is 14.5. The lowest BCUT2D eigenvalue weighted by Crippen LogP contribution is -2.34. The van der Waals surface area contributed by atoms with E-state index in [9.17, 15) is 9.59 Å². The average Bonchev–Trinajstić information content (AvgIpc) is 2.38. The molecule has 0 spiro atoms. The Morgan fingerprint density at radius 2 is 2.00 bits per heavy atom. The van der Waals surface area contributed by atoms with E-state index in [1.165, 1.54) is 29.2 Å². The number of rotatable bonds is 4. The maximum absolute atomic E-state index is 11.8. The molecular weight excluding hydrogens is 246 g/mol. The second-order valence-electron chi connectivity index (χ2n) is 4.22. The fraction of sp³-hybridized carbons (Fsp3) is 0.308. The van der Waals surface area contributed by atoms with Gasteiger partial charge in [0.25, 0.3) is 0 Å². The number of nitrogens with zero attached hydrogens (tertiary/aromatic N) is 2. The zero-order valence-corrected chi connectivity index (χ0v) is 10.8. The molecule has 0 fully saturated rings. The predicted molar refractivity (Wildman–Crippen MR) is 69.8 cm³/mol. The number of carboxylic acids is 1. The lowest BCUT2D eigenvalue weighted by molar-refractivity contribution is 0.0697. The zero-order valence-electron chi connectivity index (χ0n) is 10.8. The van der Waals surface area contributed by atoms with Gasteiger partial charge >= 0.3 is 12.0 Å². The first-order valence-electron chi connectivity index (χ1n) is 5.69. The van der Waals surface area contributed by atoms with Crippen LogP contribution in [0.2, 0.25) is 0 Å². The zero-order chi connectivity index (χ0) is 14.4. The number of urea groups is 1. The van der Waals surface area contributed by atoms with E-state index >= 15 is 0 Å². The molecule has 1 unspecified atom stereocenters. The maximum atomic E-state index is 11.8. The fourth-order valence-corrected chi connectivity index (χ4v) is 1.45. The van der Waals surface area contributed by atoms with E-state index in [1.54, 1.807) is 14.0 Å². The van der Waals surface area contributed by atoms with Crippen LogP contribution in [0.15, 0.2) is 24.3 Å². The highest BCUT2D eigenvalue weighted by atomic mass is 16.4. The Balaban J connectivity index is 2.62. The van der Waals surface area contributed by atoms with E-state index < -0.39 is 5.97 Å². The summed E-state index contributed by atoms with van der Waals surface area (Å²) in [6.45, 7) is 2.06. The summed E-state index contributed by atoms with van der Waals surface area (Å²) in [6.07, 6.45) is 0. The number of nitriles is 1. The molecule has 0 heterocycles. The third-order valence-electron chi connectivity index (χ3n) is 2.50. The van der Waals surface area contributed by atoms with Crippen molar-refractivity contribution in [2.45, 2.75) is 6.92 Å². The number of nitrogens with one attached hydrogen (secondary N) is 1. The first-order valence-corrected chi connectivity index (χ1v) is 5.69. The molecule has 1 rings (SSSR count). The van der Waals surface area contributed by atoms with Crippen LogP contribution in [0.25, 0.3) is 0 Å². The SMILES string of the molecule is CC(C#N)CN(C)C(=O)Nc1ccc(C(=O)O)cc1. The molecule has 0 aliphatic rings. The average molecular weight is 261 g/mol. The summed E-state index contributed by atoms with van der Waals surface area (Å²) in [4.78, 5) is 23.8. The molecule has 0 saturated heterocycles. The summed E-state index contributed by atoms with van der Waals surface area (Å²) < 4.78 is 0. The van der Waals surface area contributed by atoms with Crippen molar-refractivity contribution in [3.63, 3.8) is 0 Å². The molecular formula is C13H15N3O3. The molecule has 1 aromatic carbocycles. The lowest BCUT2D eigenvalue weighted by atomic mass is 10.2. The molecule has 0 radical (unpaired) electrons. The molecule has 2 N–H and O–H groups in total. The maximum Gasteiger partial charge on any atom is 0.335 e. The van der Waals surface area contributed by atoms with Gasteiger partial charge < -0.3 is 15.3 Å². The van der Waals surface area contributed by atoms with Crippen LogP contribution in [0.4, 0.5) is 10.5 Å². The van der Waals surface area contributed by atoms with E-state index in [0.717, 1.165) is 0 Å². The van der Waals surface area contributed by atoms with Gasteiger partial charge in [0.1, 0.15) is 0 Å². The number of carbonyl (C=O) groups excluding carboxylic acids is 1. The molecule has 19 heavy (non-hydrogen) atoms. The van der Waals surface area contributed by atoms with Crippen molar-refractivity contribution < 1.29 is 14.7 Å². The van der Waals surface area contributed by atoms with E-state index in [1.807, 2.05) is 6.07 Å². The normalized spacial score (nSPS) is 11.2. The van der Waals surface area contributed by atoms with Gasteiger partial charge in [0.15, 0.2) is 0 Å². The monoisotopic (exact) mass is 261 g/mol. The van der Waals surface area contributed by atoms with Crippen LogP contribution >= 0.6 is 0 Å². The highest BCUT2D eigenvalue weighted by Crippen LogP contribution is 2.10. The second-order valence-corrected chi connectivity index (χ2v) is 4.22. The van der Waals surface area contributed by atoms with Gasteiger partial charge in [-0.05, 0) is 31.2 Å². The van der Waals surface area contributed by atoms with Gasteiger partial charge in [-0.25, -0.2) is 9.59 Å². The number of benzene rings is 1. The van der Waals surface area contributed by atoms with Gasteiger partial charge in [-0.15, -0.1) is 0 Å². The van der Waals surface area contributed by atoms with Crippen molar-refractivity contribution in [2.24, 2.45) is 5.92 Å². The Kier molecular flexibility index (Phi) is 4.89. The molecule has 1 atom stereocenters. The lowest BCUT2D eigenvalue weighted by Gasteiger charge is -2.18. The molecule has 0 bridgehead atoms. The van der Waals surface area contributed by atoms with Crippen molar-refractivity contribution in [1.29, 1.82) is 5.26 Å². The quantitative estimate of drug-likeness (QED) is 0.866. The van der Waals surface area contributed by atoms with Crippen LogP contribution in [-0.4, -0.2) is 35.6 Å². The van der Waals surface area contributed by atoms with Gasteiger partial charge in [-0.1, -0.05) is 0 Å². The van der Waals surface area contributed by atoms with Crippen molar-refractivity contribution >= 4 is 17.7 Å². The smallest absolute Gasteiger partial charge is 0.335 e. The Morgan fingerprint density at radius 1 is 1.42 bits per heavy atom. The van der Waals surface area contributed by atoms with Crippen molar-refractivity contribution in [1.82, 2.24) is 4.90 Å². The highest BCUT2D eigenvalue weighted by molar-refractivity contribution is 5.91. The molecule has 0 aliphatic carbocycles. The third kappa shape index (κ3) is 4.32. The number of hydrogen-bond acceptors (Lipinski definition) is 3. The number of carbonyl (C=O) groups is 2. The van der Waals surface area contributed by atoms with E-state index in [4.69, 9.17) is 10.4 Å². The summed E-state index contributed by atoms with van der Waals surface area (Å²) >= 11 is 0. The summed E-state index contributed by atoms with van der Waals surface area (Å²) in [5.41, 5.74) is 0.663. The van der Waals surface area contributed by atoms with E-state index in [-0.39, 0.29) is 17.5 Å². The minimum absolute atomic E-state index is 0.157. The largest absolute Gasteiger partial charge is 0.478 e. The molecule has 0 aromatic heterocycles. The summed E-state index contributed by atoms with van der Waals surface area (Å²) in [5, 5.41) is 20.0. The van der Waals surface area contributed by atoms with Gasteiger partial charge in [0.05, 0.1) is 17.6 Å². The minimum Gasteiger partial charge on any atom is -0.478 e. The molecule has 6 nitrogen and oxygen atoms in total. The van der Waals surface area contributed by atoms with Crippen LogP contribution in [0.5, 0.6) is 0 Å². The second kappa shape index (κ2) is 6.40. The Bertz CT molecular complexity index is 505. The Labute approximate surface area is 111 Å². The summed E-state index contributed by atoms with van der Waals surface area (Å²) in [6, 6.07) is 7.56. The van der Waals surface area contributed by atoms with Crippen LogP contribution in [0.3, 0.4) is 0 Å². The highest BCUT2D eigenvalue weighted by Gasteiger charge is 2.12. The molecule has 2 amide bonds. The number of amides is 2. The van der Waals surface area contributed by atoms with Crippen molar-refractivity contribution in [2.75, 3.05) is 18.9 Å². The number of hydrogen-bond donors (Lipinski definition) is 2. The van der Waals surface area contributed by atoms with Crippen molar-refractivity contribution in [3.05, 3.63) is 29.8 Å². The fourth-order valence-electron chi connectivity index (χ4n) is 1.45. The summed E-state index contributed by atoms with van der Waals surface area (Å²) in [7, 11) is 1.59. The standard InChI is InChI=1S/C13H15N3O3/c1-9(7-14)8-16(2)13(19)15-11-5-3-10(4-6-11)12(17)18/h3-6,9H,8H2,1-2H3,(H,15,19)(H,17,18). The molecule has 6 heteroatoms. The number of carboxylic acid groups (broad SMARTS) is 1. The van der Waals surface area contributed by atoms with Gasteiger partial charge in [0, 0.05) is 19.3 Å². The molecule has 100 valence electrons. The van der Waals surface area contributed by atoms with Gasteiger partial charge in [-0.3, -0.25) is 0 Å². The van der Waals surface area contributed by atoms with Gasteiger partial charge in [0.2, 0.25) is 0 Å². The first-order chi connectivity index (χ1) is 8.93. The number of anilines is 1. The molecule has 0 aliphatic heterocycles. The Morgan fingerprint density at radius 3 is 2.47 bits per heavy atom.